The zero-order chi connectivity index (χ0) is 21.0. The maximum absolute atomic E-state index is 14.4. The van der Waals surface area contributed by atoms with Crippen LogP contribution >= 0.6 is 0 Å². The van der Waals surface area contributed by atoms with E-state index < -0.39 is 11.6 Å². The summed E-state index contributed by atoms with van der Waals surface area (Å²) in [5.74, 6) is -1.35. The molecule has 1 aromatic heterocycles. The van der Waals surface area contributed by atoms with Crippen molar-refractivity contribution in [2.45, 2.75) is 38.6 Å². The Labute approximate surface area is 167 Å². The Morgan fingerprint density at radius 3 is 2.69 bits per heavy atom. The van der Waals surface area contributed by atoms with E-state index in [1.54, 1.807) is 0 Å². The summed E-state index contributed by atoms with van der Waals surface area (Å²) in [7, 11) is 1.37. The minimum absolute atomic E-state index is 0.0304. The number of rotatable bonds is 5. The Hall–Kier alpha value is -3.03. The lowest BCUT2D eigenvalue weighted by atomic mass is 9.85. The number of carbonyl (C=O) groups excluding carboxylic acids is 2. The second-order valence-corrected chi connectivity index (χ2v) is 7.14. The summed E-state index contributed by atoms with van der Waals surface area (Å²) in [6.07, 6.45) is 3.94. The first kappa shape index (κ1) is 20.7. The normalized spacial score (nSPS) is 18.8. The van der Waals surface area contributed by atoms with E-state index >= 15 is 0 Å². The number of hydrogen-bond donors (Lipinski definition) is 2. The lowest BCUT2D eigenvalue weighted by molar-refractivity contribution is -0.123. The minimum Gasteiger partial charge on any atom is -0.496 e. The minimum atomic E-state index is -0.615. The Kier molecular flexibility index (Phi) is 6.41. The molecule has 0 aliphatic heterocycles. The van der Waals surface area contributed by atoms with Crippen LogP contribution in [-0.2, 0) is 9.59 Å². The highest BCUT2D eigenvalue weighted by atomic mass is 19.1. The molecule has 3 rings (SSSR count). The summed E-state index contributed by atoms with van der Waals surface area (Å²) in [6.45, 7) is 1.46. The van der Waals surface area contributed by atoms with Crippen LogP contribution < -0.4 is 15.4 Å². The fourth-order valence-electron chi connectivity index (χ4n) is 3.68. The molecule has 1 aromatic carbocycles. The molecule has 0 radical (unpaired) electrons. The molecule has 2 atom stereocenters. The van der Waals surface area contributed by atoms with E-state index in [2.05, 4.69) is 15.6 Å². The molecular formula is C21H23F2N3O3. The fraction of sp³-hybridized carbons (Fsp3) is 0.381. The van der Waals surface area contributed by atoms with Crippen molar-refractivity contribution in [3.8, 4) is 16.9 Å². The molecule has 2 N–H and O–H groups in total. The average Bonchev–Trinajstić information content (AvgIpc) is 2.69. The third kappa shape index (κ3) is 5.07. The molecule has 2 amide bonds. The lowest BCUT2D eigenvalue weighted by Crippen LogP contribution is -2.40. The summed E-state index contributed by atoms with van der Waals surface area (Å²) < 4.78 is 33.0. The molecule has 1 aliphatic carbocycles. The molecule has 0 bridgehead atoms. The van der Waals surface area contributed by atoms with Crippen LogP contribution in [0, 0.1) is 17.6 Å². The predicted molar refractivity (Wildman–Crippen MR) is 104 cm³/mol. The van der Waals surface area contributed by atoms with E-state index in [1.807, 2.05) is 0 Å². The third-order valence-electron chi connectivity index (χ3n) is 5.01. The first-order valence-electron chi connectivity index (χ1n) is 9.44. The van der Waals surface area contributed by atoms with Gasteiger partial charge in [0.2, 0.25) is 11.8 Å². The fourth-order valence-corrected chi connectivity index (χ4v) is 3.68. The molecule has 8 heteroatoms. The van der Waals surface area contributed by atoms with Crippen LogP contribution in [0.4, 0.5) is 14.6 Å². The zero-order valence-electron chi connectivity index (χ0n) is 16.3. The van der Waals surface area contributed by atoms with Crippen molar-refractivity contribution in [3.63, 3.8) is 0 Å². The number of methoxy groups -OCH3 is 1. The lowest BCUT2D eigenvalue weighted by Gasteiger charge is -2.28. The molecule has 0 saturated heterocycles. The quantitative estimate of drug-likeness (QED) is 0.798. The number of pyridine rings is 1. The number of hydrogen-bond acceptors (Lipinski definition) is 4. The second kappa shape index (κ2) is 8.98. The number of nitrogens with zero attached hydrogens (tertiary/aromatic N) is 1. The zero-order valence-corrected chi connectivity index (χ0v) is 16.3. The van der Waals surface area contributed by atoms with E-state index in [1.165, 1.54) is 32.2 Å². The third-order valence-corrected chi connectivity index (χ3v) is 5.01. The van der Waals surface area contributed by atoms with Gasteiger partial charge in [-0.3, -0.25) is 9.59 Å². The number of carbonyl (C=O) groups is 2. The average molecular weight is 403 g/mol. The summed E-state index contributed by atoms with van der Waals surface area (Å²) in [5, 5.41) is 5.58. The number of nitrogens with one attached hydrogen (secondary N) is 2. The van der Waals surface area contributed by atoms with Crippen LogP contribution in [0.15, 0.2) is 30.5 Å². The molecule has 0 spiro atoms. The van der Waals surface area contributed by atoms with Crippen molar-refractivity contribution in [1.29, 1.82) is 0 Å². The Morgan fingerprint density at radius 2 is 1.97 bits per heavy atom. The molecule has 1 aliphatic rings. The van der Waals surface area contributed by atoms with Gasteiger partial charge in [0.05, 0.1) is 13.3 Å². The van der Waals surface area contributed by atoms with Gasteiger partial charge in [0.25, 0.3) is 0 Å². The molecule has 1 fully saturated rings. The van der Waals surface area contributed by atoms with E-state index in [4.69, 9.17) is 4.74 Å². The number of aromatic nitrogens is 1. The number of benzene rings is 1. The van der Waals surface area contributed by atoms with E-state index in [-0.39, 0.29) is 40.9 Å². The maximum atomic E-state index is 14.4. The van der Waals surface area contributed by atoms with E-state index in [0.29, 0.717) is 18.4 Å². The summed E-state index contributed by atoms with van der Waals surface area (Å²) >= 11 is 0. The molecule has 6 nitrogen and oxygen atoms in total. The number of anilines is 1. The van der Waals surface area contributed by atoms with Crippen LogP contribution in [0.5, 0.6) is 5.75 Å². The second-order valence-electron chi connectivity index (χ2n) is 7.14. The van der Waals surface area contributed by atoms with E-state index in [9.17, 15) is 18.4 Å². The van der Waals surface area contributed by atoms with Crippen molar-refractivity contribution >= 4 is 17.6 Å². The topological polar surface area (TPSA) is 80.3 Å². The Bertz CT molecular complexity index is 920. The maximum Gasteiger partial charge on any atom is 0.228 e. The smallest absolute Gasteiger partial charge is 0.228 e. The van der Waals surface area contributed by atoms with Crippen LogP contribution in [-0.4, -0.2) is 29.9 Å². The van der Waals surface area contributed by atoms with Gasteiger partial charge in [-0.05, 0) is 37.5 Å². The molecule has 154 valence electrons. The van der Waals surface area contributed by atoms with Gasteiger partial charge >= 0.3 is 0 Å². The van der Waals surface area contributed by atoms with Crippen molar-refractivity contribution in [2.24, 2.45) is 5.92 Å². The standard InChI is InChI=1S/C21H23F2N3O3/c1-12(27)25-15-5-3-4-13(8-15)21(28)26-20-10-17(18(23)11-24-20)16-7-6-14(22)9-19(16)29-2/h6-7,9-11,13,15H,3-5,8H2,1-2H3,(H,25,27)(H,24,26,28)/t13-,15+/m0/s1. The van der Waals surface area contributed by atoms with Crippen molar-refractivity contribution in [1.82, 2.24) is 10.3 Å². The van der Waals surface area contributed by atoms with Gasteiger partial charge in [-0.2, -0.15) is 0 Å². The van der Waals surface area contributed by atoms with Crippen LogP contribution in [0.25, 0.3) is 11.1 Å². The van der Waals surface area contributed by atoms with Crippen molar-refractivity contribution < 1.29 is 23.1 Å². The number of amides is 2. The van der Waals surface area contributed by atoms with Gasteiger partial charge in [-0.15, -0.1) is 0 Å². The molecule has 1 heterocycles. The predicted octanol–water partition coefficient (Wildman–Crippen LogP) is 3.67. The highest BCUT2D eigenvalue weighted by Gasteiger charge is 2.28. The largest absolute Gasteiger partial charge is 0.496 e. The summed E-state index contributed by atoms with van der Waals surface area (Å²) in [6, 6.07) is 5.16. The molecule has 0 unspecified atom stereocenters. The number of halogens is 2. The molecule has 1 saturated carbocycles. The monoisotopic (exact) mass is 403 g/mol. The van der Waals surface area contributed by atoms with Crippen LogP contribution in [0.3, 0.4) is 0 Å². The van der Waals surface area contributed by atoms with Gasteiger partial charge in [-0.25, -0.2) is 13.8 Å². The molecular weight excluding hydrogens is 380 g/mol. The van der Waals surface area contributed by atoms with Gasteiger partial charge < -0.3 is 15.4 Å². The first-order valence-corrected chi connectivity index (χ1v) is 9.44. The Balaban J connectivity index is 1.78. The first-order chi connectivity index (χ1) is 13.9. The molecule has 2 aromatic rings. The van der Waals surface area contributed by atoms with Gasteiger partial charge in [0.1, 0.15) is 23.2 Å². The number of ether oxygens (including phenoxy) is 1. The summed E-state index contributed by atoms with van der Waals surface area (Å²) in [5.41, 5.74) is 0.500. The van der Waals surface area contributed by atoms with Gasteiger partial charge in [0.15, 0.2) is 0 Å². The van der Waals surface area contributed by atoms with Crippen LogP contribution in [0.2, 0.25) is 0 Å². The van der Waals surface area contributed by atoms with Crippen molar-refractivity contribution in [2.75, 3.05) is 12.4 Å². The SMILES string of the molecule is COc1cc(F)ccc1-c1cc(NC(=O)[C@H]2CCC[C@@H](NC(C)=O)C2)ncc1F. The van der Waals surface area contributed by atoms with Crippen molar-refractivity contribution in [3.05, 3.63) is 42.1 Å². The highest BCUT2D eigenvalue weighted by Crippen LogP contribution is 2.33. The van der Waals surface area contributed by atoms with Gasteiger partial charge in [-0.1, -0.05) is 6.42 Å². The van der Waals surface area contributed by atoms with Gasteiger partial charge in [0, 0.05) is 36.1 Å². The van der Waals surface area contributed by atoms with Crippen LogP contribution in [0.1, 0.15) is 32.6 Å². The van der Waals surface area contributed by atoms with E-state index in [0.717, 1.165) is 25.1 Å². The molecule has 29 heavy (non-hydrogen) atoms. The summed E-state index contributed by atoms with van der Waals surface area (Å²) in [4.78, 5) is 27.9. The Morgan fingerprint density at radius 1 is 1.17 bits per heavy atom. The highest BCUT2D eigenvalue weighted by molar-refractivity contribution is 5.92.